The average Bonchev–Trinajstić information content (AvgIpc) is 2.40. The first-order valence-corrected chi connectivity index (χ1v) is 6.94. The van der Waals surface area contributed by atoms with Gasteiger partial charge in [-0.05, 0) is 37.3 Å². The van der Waals surface area contributed by atoms with Gasteiger partial charge in [0, 0.05) is 12.8 Å². The number of nitrogens with one attached hydrogen (secondary N) is 1. The molecule has 1 N–H and O–H groups in total. The number of fused-ring (bicyclic) bond motifs is 1. The first kappa shape index (κ1) is 14.6. The summed E-state index contributed by atoms with van der Waals surface area (Å²) in [4.78, 5) is 14.3. The zero-order chi connectivity index (χ0) is 14.9. The topological polar surface area (TPSA) is 58.3 Å². The van der Waals surface area contributed by atoms with Gasteiger partial charge in [-0.15, -0.1) is 0 Å². The number of rotatable bonds is 4. The summed E-state index contributed by atoms with van der Waals surface area (Å²) in [6, 6.07) is 7.35. The minimum atomic E-state index is -0.373. The highest BCUT2D eigenvalue weighted by atomic mass is 16.2. The van der Waals surface area contributed by atoms with Gasteiger partial charge in [0.1, 0.15) is 6.04 Å². The molecule has 1 amide bonds. The van der Waals surface area contributed by atoms with Gasteiger partial charge < -0.3 is 10.3 Å². The van der Waals surface area contributed by atoms with Gasteiger partial charge in [-0.2, -0.15) is 0 Å². The summed E-state index contributed by atoms with van der Waals surface area (Å²) in [7, 11) is 1.81. The van der Waals surface area contributed by atoms with E-state index in [2.05, 4.69) is 19.2 Å². The number of benzene rings is 1. The fraction of sp³-hybridized carbons (Fsp3) is 0.500. The van der Waals surface area contributed by atoms with E-state index in [0.29, 0.717) is 12.1 Å². The van der Waals surface area contributed by atoms with Crippen molar-refractivity contribution in [3.63, 3.8) is 0 Å². The molecule has 1 heterocycles. The SMILES string of the molecule is CC(=N)CCC(C)(C)C1[N]c2ccccc2N(C)C1=O. The molecule has 0 aliphatic carbocycles. The maximum atomic E-state index is 12.6. The number of hydrogen-bond donors (Lipinski definition) is 1. The molecule has 1 aliphatic rings. The standard InChI is InChI=1S/C16H22N3O/c1-11(17)9-10-16(2,3)14-15(20)19(4)13-8-6-5-7-12(13)18-14/h5-8,14,17H,9-10H2,1-4H3. The number of amides is 1. The Balaban J connectivity index is 2.26. The number of hydrogen-bond acceptors (Lipinski definition) is 2. The van der Waals surface area contributed by atoms with Crippen LogP contribution in [0.15, 0.2) is 24.3 Å². The Morgan fingerprint density at radius 3 is 2.70 bits per heavy atom. The fourth-order valence-electron chi connectivity index (χ4n) is 2.51. The lowest BCUT2D eigenvalue weighted by Crippen LogP contribution is -2.52. The molecule has 0 saturated carbocycles. The van der Waals surface area contributed by atoms with Crippen LogP contribution in [-0.4, -0.2) is 24.7 Å². The second kappa shape index (κ2) is 5.27. The fourth-order valence-corrected chi connectivity index (χ4v) is 2.51. The Morgan fingerprint density at radius 2 is 2.05 bits per heavy atom. The molecule has 0 bridgehead atoms. The van der Waals surface area contributed by atoms with Crippen molar-refractivity contribution in [2.75, 3.05) is 11.9 Å². The van der Waals surface area contributed by atoms with E-state index in [9.17, 15) is 4.79 Å². The van der Waals surface area contributed by atoms with Crippen molar-refractivity contribution in [3.8, 4) is 0 Å². The zero-order valence-corrected chi connectivity index (χ0v) is 12.6. The van der Waals surface area contributed by atoms with Crippen LogP contribution >= 0.6 is 0 Å². The number of likely N-dealkylation sites (N-methyl/N-ethyl adjacent to an activating group) is 1. The van der Waals surface area contributed by atoms with E-state index in [1.54, 1.807) is 18.9 Å². The molecule has 1 unspecified atom stereocenters. The highest BCUT2D eigenvalue weighted by molar-refractivity contribution is 6.02. The monoisotopic (exact) mass is 272 g/mol. The van der Waals surface area contributed by atoms with Crippen LogP contribution in [0.4, 0.5) is 11.4 Å². The van der Waals surface area contributed by atoms with Crippen molar-refractivity contribution in [2.24, 2.45) is 5.41 Å². The van der Waals surface area contributed by atoms with E-state index >= 15 is 0 Å². The predicted octanol–water partition coefficient (Wildman–Crippen LogP) is 3.11. The lowest BCUT2D eigenvalue weighted by atomic mass is 9.78. The quantitative estimate of drug-likeness (QED) is 0.841. The van der Waals surface area contributed by atoms with Crippen LogP contribution in [0.3, 0.4) is 0 Å². The van der Waals surface area contributed by atoms with Gasteiger partial charge in [0.2, 0.25) is 0 Å². The first-order valence-electron chi connectivity index (χ1n) is 6.94. The molecule has 2 rings (SSSR count). The van der Waals surface area contributed by atoms with Crippen molar-refractivity contribution >= 4 is 23.0 Å². The molecule has 0 aromatic heterocycles. The van der Waals surface area contributed by atoms with E-state index < -0.39 is 0 Å². The third-order valence-electron chi connectivity index (χ3n) is 3.96. The van der Waals surface area contributed by atoms with E-state index in [4.69, 9.17) is 5.41 Å². The molecule has 1 aromatic rings. The Kier molecular flexibility index (Phi) is 3.84. The molecule has 4 heteroatoms. The van der Waals surface area contributed by atoms with E-state index in [0.717, 1.165) is 17.8 Å². The number of carbonyl (C=O) groups excluding carboxylic acids is 1. The van der Waals surface area contributed by atoms with Crippen LogP contribution in [-0.2, 0) is 4.79 Å². The lowest BCUT2D eigenvalue weighted by Gasteiger charge is -2.39. The molecular weight excluding hydrogens is 250 g/mol. The number of para-hydroxylation sites is 2. The molecule has 0 saturated heterocycles. The minimum absolute atomic E-state index is 0.0383. The molecule has 0 spiro atoms. The number of nitrogens with zero attached hydrogens (tertiary/aromatic N) is 2. The van der Waals surface area contributed by atoms with E-state index in [1.165, 1.54) is 0 Å². The molecule has 1 aromatic carbocycles. The highest BCUT2D eigenvalue weighted by Gasteiger charge is 2.41. The molecule has 107 valence electrons. The third-order valence-corrected chi connectivity index (χ3v) is 3.96. The van der Waals surface area contributed by atoms with E-state index in [1.807, 2.05) is 24.3 Å². The minimum Gasteiger partial charge on any atom is -0.312 e. The van der Waals surface area contributed by atoms with Gasteiger partial charge in [-0.25, -0.2) is 0 Å². The molecule has 20 heavy (non-hydrogen) atoms. The maximum absolute atomic E-state index is 12.6. The van der Waals surface area contributed by atoms with Crippen LogP contribution < -0.4 is 10.2 Å². The van der Waals surface area contributed by atoms with Crippen LogP contribution in [0.25, 0.3) is 0 Å². The highest BCUT2D eigenvalue weighted by Crippen LogP contribution is 2.38. The third kappa shape index (κ3) is 2.69. The normalized spacial score (nSPS) is 18.5. The predicted molar refractivity (Wildman–Crippen MR) is 81.8 cm³/mol. The summed E-state index contributed by atoms with van der Waals surface area (Å²) in [5.74, 6) is 0.0383. The molecular formula is C16H22N3O. The van der Waals surface area contributed by atoms with Crippen LogP contribution in [0.1, 0.15) is 33.6 Å². The molecule has 1 aliphatic heterocycles. The Hall–Kier alpha value is -1.84. The Bertz CT molecular complexity index is 536. The van der Waals surface area contributed by atoms with Gasteiger partial charge in [0.05, 0.1) is 11.4 Å². The second-order valence-corrected chi connectivity index (χ2v) is 6.19. The summed E-state index contributed by atoms with van der Waals surface area (Å²) < 4.78 is 0. The van der Waals surface area contributed by atoms with Gasteiger partial charge in [0.15, 0.2) is 0 Å². The number of anilines is 1. The summed E-state index contributed by atoms with van der Waals surface area (Å²) in [5.41, 5.74) is 2.14. The summed E-state index contributed by atoms with van der Waals surface area (Å²) in [6.07, 6.45) is 1.50. The van der Waals surface area contributed by atoms with Crippen molar-refractivity contribution in [1.82, 2.24) is 5.32 Å². The first-order chi connectivity index (χ1) is 9.33. The van der Waals surface area contributed by atoms with Crippen molar-refractivity contribution < 1.29 is 4.79 Å². The van der Waals surface area contributed by atoms with Gasteiger partial charge >= 0.3 is 0 Å². The maximum Gasteiger partial charge on any atom is 0.252 e. The largest absolute Gasteiger partial charge is 0.312 e. The molecule has 1 atom stereocenters. The Morgan fingerprint density at radius 1 is 1.40 bits per heavy atom. The van der Waals surface area contributed by atoms with Crippen molar-refractivity contribution in [1.29, 1.82) is 5.41 Å². The van der Waals surface area contributed by atoms with Gasteiger partial charge in [-0.3, -0.25) is 10.1 Å². The summed E-state index contributed by atoms with van der Waals surface area (Å²) in [5, 5.41) is 12.2. The van der Waals surface area contributed by atoms with Crippen LogP contribution in [0.5, 0.6) is 0 Å². The summed E-state index contributed by atoms with van der Waals surface area (Å²) in [6.45, 7) is 5.92. The molecule has 0 fully saturated rings. The van der Waals surface area contributed by atoms with Crippen LogP contribution in [0, 0.1) is 10.8 Å². The molecule has 4 nitrogen and oxygen atoms in total. The van der Waals surface area contributed by atoms with Gasteiger partial charge in [0.25, 0.3) is 5.91 Å². The number of carbonyl (C=O) groups is 1. The van der Waals surface area contributed by atoms with Crippen molar-refractivity contribution in [2.45, 2.75) is 39.7 Å². The molecule has 1 radical (unpaired) electrons. The average molecular weight is 272 g/mol. The smallest absolute Gasteiger partial charge is 0.252 e. The van der Waals surface area contributed by atoms with E-state index in [-0.39, 0.29) is 17.4 Å². The zero-order valence-electron chi connectivity index (χ0n) is 12.6. The second-order valence-electron chi connectivity index (χ2n) is 6.19. The Labute approximate surface area is 120 Å². The van der Waals surface area contributed by atoms with Crippen LogP contribution in [0.2, 0.25) is 0 Å². The van der Waals surface area contributed by atoms with Gasteiger partial charge in [-0.1, -0.05) is 26.0 Å². The summed E-state index contributed by atoms with van der Waals surface area (Å²) >= 11 is 0. The lowest BCUT2D eigenvalue weighted by molar-refractivity contribution is -0.123. The van der Waals surface area contributed by atoms with Crippen molar-refractivity contribution in [3.05, 3.63) is 24.3 Å².